The van der Waals surface area contributed by atoms with Crippen LogP contribution in [-0.4, -0.2) is 29.1 Å². The highest BCUT2D eigenvalue weighted by molar-refractivity contribution is 5.88. The summed E-state index contributed by atoms with van der Waals surface area (Å²) in [5.41, 5.74) is 0.819. The van der Waals surface area contributed by atoms with Crippen LogP contribution in [0, 0.1) is 0 Å². The minimum Gasteiger partial charge on any atom is -0.454 e. The van der Waals surface area contributed by atoms with Crippen molar-refractivity contribution in [2.75, 3.05) is 17.4 Å². The normalized spacial score (nSPS) is 16.2. The molecule has 4 rings (SSSR count). The van der Waals surface area contributed by atoms with Crippen molar-refractivity contribution in [1.82, 2.24) is 15.5 Å². The summed E-state index contributed by atoms with van der Waals surface area (Å²) in [6.07, 6.45) is 5.67. The topological polar surface area (TPSA) is 97.4 Å². The number of urea groups is 1. The summed E-state index contributed by atoms with van der Waals surface area (Å²) in [7, 11) is 0. The standard InChI is InChI=1S/C18H21N5O3/c24-18(20-12-4-2-1-3-5-12)21-17-9-8-16(22-23-17)19-13-6-7-14-15(10-13)26-11-25-14/h6-10,12H,1-5,11H2,(H,19,22)(H2,20,21,23,24). The van der Waals surface area contributed by atoms with E-state index < -0.39 is 0 Å². The van der Waals surface area contributed by atoms with Gasteiger partial charge in [0, 0.05) is 17.8 Å². The van der Waals surface area contributed by atoms with Crippen LogP contribution in [0.2, 0.25) is 0 Å². The summed E-state index contributed by atoms with van der Waals surface area (Å²) in [4.78, 5) is 12.0. The van der Waals surface area contributed by atoms with Crippen molar-refractivity contribution in [3.8, 4) is 11.5 Å². The maximum atomic E-state index is 12.0. The summed E-state index contributed by atoms with van der Waals surface area (Å²) in [5.74, 6) is 2.41. The molecule has 1 fully saturated rings. The molecule has 8 nitrogen and oxygen atoms in total. The fourth-order valence-electron chi connectivity index (χ4n) is 3.17. The number of nitrogens with one attached hydrogen (secondary N) is 3. The van der Waals surface area contributed by atoms with Crippen LogP contribution in [0.5, 0.6) is 11.5 Å². The second-order valence-electron chi connectivity index (χ2n) is 6.43. The highest BCUT2D eigenvalue weighted by Crippen LogP contribution is 2.34. The fourth-order valence-corrected chi connectivity index (χ4v) is 3.17. The molecule has 0 atom stereocenters. The molecule has 0 bridgehead atoms. The molecule has 1 aliphatic carbocycles. The van der Waals surface area contributed by atoms with Crippen molar-refractivity contribution in [2.24, 2.45) is 0 Å². The van der Waals surface area contributed by atoms with E-state index in [0.29, 0.717) is 17.4 Å². The number of aromatic nitrogens is 2. The van der Waals surface area contributed by atoms with Gasteiger partial charge in [0.05, 0.1) is 0 Å². The first kappa shape index (κ1) is 16.4. The Morgan fingerprint density at radius 1 is 0.962 bits per heavy atom. The summed E-state index contributed by atoms with van der Waals surface area (Å²) in [5, 5.41) is 17.0. The number of hydrogen-bond acceptors (Lipinski definition) is 6. The molecule has 1 aliphatic heterocycles. The third-order valence-electron chi connectivity index (χ3n) is 4.49. The van der Waals surface area contributed by atoms with E-state index >= 15 is 0 Å². The molecule has 2 heterocycles. The fraction of sp³-hybridized carbons (Fsp3) is 0.389. The average Bonchev–Trinajstić information content (AvgIpc) is 3.12. The Bertz CT molecular complexity index is 775. The minimum absolute atomic E-state index is 0.234. The molecule has 0 unspecified atom stereocenters. The smallest absolute Gasteiger partial charge is 0.320 e. The quantitative estimate of drug-likeness (QED) is 0.778. The van der Waals surface area contributed by atoms with Gasteiger partial charge in [-0.05, 0) is 37.1 Å². The van der Waals surface area contributed by atoms with Crippen molar-refractivity contribution < 1.29 is 14.3 Å². The number of hydrogen-bond donors (Lipinski definition) is 3. The third-order valence-corrected chi connectivity index (χ3v) is 4.49. The second-order valence-corrected chi connectivity index (χ2v) is 6.43. The lowest BCUT2D eigenvalue weighted by atomic mass is 9.96. The van der Waals surface area contributed by atoms with Gasteiger partial charge in [0.1, 0.15) is 0 Å². The predicted octanol–water partition coefficient (Wildman–Crippen LogP) is 3.40. The summed E-state index contributed by atoms with van der Waals surface area (Å²) >= 11 is 0. The molecule has 3 N–H and O–H groups in total. The summed E-state index contributed by atoms with van der Waals surface area (Å²) < 4.78 is 10.6. The van der Waals surface area contributed by atoms with Crippen LogP contribution >= 0.6 is 0 Å². The zero-order valence-electron chi connectivity index (χ0n) is 14.3. The van der Waals surface area contributed by atoms with E-state index in [4.69, 9.17) is 9.47 Å². The Morgan fingerprint density at radius 3 is 2.54 bits per heavy atom. The van der Waals surface area contributed by atoms with Crippen molar-refractivity contribution in [2.45, 2.75) is 38.1 Å². The molecule has 26 heavy (non-hydrogen) atoms. The van der Waals surface area contributed by atoms with Crippen LogP contribution in [-0.2, 0) is 0 Å². The zero-order valence-corrected chi connectivity index (χ0v) is 14.3. The van der Waals surface area contributed by atoms with Crippen molar-refractivity contribution in [1.29, 1.82) is 0 Å². The van der Waals surface area contributed by atoms with E-state index in [2.05, 4.69) is 26.1 Å². The number of nitrogens with zero attached hydrogens (tertiary/aromatic N) is 2. The maximum Gasteiger partial charge on any atom is 0.320 e. The highest BCUT2D eigenvalue weighted by atomic mass is 16.7. The van der Waals surface area contributed by atoms with Gasteiger partial charge in [0.25, 0.3) is 0 Å². The molecule has 1 aromatic carbocycles. The Balaban J connectivity index is 1.32. The van der Waals surface area contributed by atoms with E-state index in [-0.39, 0.29) is 18.9 Å². The third kappa shape index (κ3) is 3.96. The lowest BCUT2D eigenvalue weighted by Gasteiger charge is -2.22. The van der Waals surface area contributed by atoms with Crippen LogP contribution in [0.3, 0.4) is 0 Å². The van der Waals surface area contributed by atoms with Gasteiger partial charge in [-0.2, -0.15) is 0 Å². The minimum atomic E-state index is -0.234. The van der Waals surface area contributed by atoms with Crippen molar-refractivity contribution >= 4 is 23.4 Å². The van der Waals surface area contributed by atoms with Gasteiger partial charge in [-0.15, -0.1) is 10.2 Å². The second kappa shape index (κ2) is 7.47. The Hall–Kier alpha value is -3.03. The van der Waals surface area contributed by atoms with Crippen molar-refractivity contribution in [3.63, 3.8) is 0 Å². The molecule has 0 spiro atoms. The predicted molar refractivity (Wildman–Crippen MR) is 96.9 cm³/mol. The van der Waals surface area contributed by atoms with Crippen molar-refractivity contribution in [3.05, 3.63) is 30.3 Å². The number of anilines is 3. The first-order valence-electron chi connectivity index (χ1n) is 8.84. The zero-order chi connectivity index (χ0) is 17.8. The van der Waals surface area contributed by atoms with Gasteiger partial charge in [-0.25, -0.2) is 4.79 Å². The number of amides is 2. The lowest BCUT2D eigenvalue weighted by Crippen LogP contribution is -2.39. The highest BCUT2D eigenvalue weighted by Gasteiger charge is 2.16. The average molecular weight is 355 g/mol. The van der Waals surface area contributed by atoms with Crippen LogP contribution in [0.4, 0.5) is 22.1 Å². The molecule has 8 heteroatoms. The largest absolute Gasteiger partial charge is 0.454 e. The number of ether oxygens (including phenoxy) is 2. The van der Waals surface area contributed by atoms with Gasteiger partial charge < -0.3 is 20.1 Å². The van der Waals surface area contributed by atoms with E-state index in [1.807, 2.05) is 18.2 Å². The number of carbonyl (C=O) groups is 1. The lowest BCUT2D eigenvalue weighted by molar-refractivity contribution is 0.174. The van der Waals surface area contributed by atoms with E-state index in [1.54, 1.807) is 12.1 Å². The van der Waals surface area contributed by atoms with Crippen LogP contribution in [0.15, 0.2) is 30.3 Å². The molecule has 1 aromatic heterocycles. The number of carbonyl (C=O) groups excluding carboxylic acids is 1. The molecule has 136 valence electrons. The van der Waals surface area contributed by atoms with Crippen LogP contribution in [0.25, 0.3) is 0 Å². The van der Waals surface area contributed by atoms with Gasteiger partial charge in [-0.3, -0.25) is 5.32 Å². The molecule has 0 radical (unpaired) electrons. The molecule has 0 saturated heterocycles. The molecule has 2 amide bonds. The van der Waals surface area contributed by atoms with Crippen LogP contribution < -0.4 is 25.4 Å². The van der Waals surface area contributed by atoms with Gasteiger partial charge in [0.2, 0.25) is 6.79 Å². The molecule has 1 saturated carbocycles. The summed E-state index contributed by atoms with van der Waals surface area (Å²) in [6.45, 7) is 0.238. The SMILES string of the molecule is O=C(Nc1ccc(Nc2ccc3c(c2)OCO3)nn1)NC1CCCCC1. The van der Waals surface area contributed by atoms with Gasteiger partial charge in [0.15, 0.2) is 23.1 Å². The molecular weight excluding hydrogens is 334 g/mol. The number of fused-ring (bicyclic) bond motifs is 1. The monoisotopic (exact) mass is 355 g/mol. The summed E-state index contributed by atoms with van der Waals surface area (Å²) in [6, 6.07) is 9.04. The maximum absolute atomic E-state index is 12.0. The molecule has 2 aliphatic rings. The molecular formula is C18H21N5O3. The first-order valence-corrected chi connectivity index (χ1v) is 8.84. The van der Waals surface area contributed by atoms with Gasteiger partial charge >= 0.3 is 6.03 Å². The van der Waals surface area contributed by atoms with Crippen LogP contribution in [0.1, 0.15) is 32.1 Å². The Labute approximate surface area is 151 Å². The van der Waals surface area contributed by atoms with E-state index in [9.17, 15) is 4.79 Å². The Kier molecular flexibility index (Phi) is 4.72. The number of rotatable bonds is 4. The van der Waals surface area contributed by atoms with Gasteiger partial charge in [-0.1, -0.05) is 19.3 Å². The Morgan fingerprint density at radius 2 is 1.73 bits per heavy atom. The van der Waals surface area contributed by atoms with E-state index in [0.717, 1.165) is 24.3 Å². The number of benzene rings is 1. The molecule has 2 aromatic rings. The van der Waals surface area contributed by atoms with E-state index in [1.165, 1.54) is 19.3 Å². The first-order chi connectivity index (χ1) is 12.8.